The molecule has 3 N–H and O–H groups in total. The molecule has 0 radical (unpaired) electrons. The molecule has 25 heavy (non-hydrogen) atoms. The number of aromatic hydroxyl groups is 1. The van der Waals surface area contributed by atoms with E-state index in [4.69, 9.17) is 4.74 Å². The van der Waals surface area contributed by atoms with Crippen molar-refractivity contribution in [2.24, 2.45) is 0 Å². The summed E-state index contributed by atoms with van der Waals surface area (Å²) in [6.07, 6.45) is -0.0434. The Kier molecular flexibility index (Phi) is 6.75. The van der Waals surface area contributed by atoms with E-state index in [0.29, 0.717) is 36.4 Å². The molecule has 1 atom stereocenters. The van der Waals surface area contributed by atoms with Gasteiger partial charge in [-0.05, 0) is 35.9 Å². The molecule has 7 heteroatoms. The summed E-state index contributed by atoms with van der Waals surface area (Å²) in [5, 5.41) is 15.9. The molecule has 1 saturated heterocycles. The van der Waals surface area contributed by atoms with Gasteiger partial charge in [-0.2, -0.15) is 0 Å². The summed E-state index contributed by atoms with van der Waals surface area (Å²) in [6, 6.07) is 10.5. The fraction of sp³-hybridized carbons (Fsp3) is 0.278. The fourth-order valence-corrected chi connectivity index (χ4v) is 2.63. The minimum atomic E-state index is -0.445. The Labute approximate surface area is 151 Å². The summed E-state index contributed by atoms with van der Waals surface area (Å²) in [5.41, 5.74) is 1.37. The van der Waals surface area contributed by atoms with Crippen LogP contribution in [0.25, 0.3) is 11.1 Å². The molecule has 1 unspecified atom stereocenters. The third-order valence-corrected chi connectivity index (χ3v) is 3.89. The highest BCUT2D eigenvalue weighted by atomic mass is 35.5. The molecule has 0 aliphatic carbocycles. The van der Waals surface area contributed by atoms with Gasteiger partial charge >= 0.3 is 0 Å². The third kappa shape index (κ3) is 4.92. The van der Waals surface area contributed by atoms with Crippen LogP contribution in [-0.4, -0.2) is 43.4 Å². The van der Waals surface area contributed by atoms with E-state index in [0.717, 1.165) is 6.54 Å². The number of rotatable bonds is 4. The Morgan fingerprint density at radius 2 is 2.16 bits per heavy atom. The Bertz CT molecular complexity index is 736. The smallest absolute Gasteiger partial charge is 0.251 e. The van der Waals surface area contributed by atoms with Gasteiger partial charge in [-0.3, -0.25) is 4.79 Å². The van der Waals surface area contributed by atoms with E-state index in [1.807, 2.05) is 0 Å². The number of carbonyl (C=O) groups excluding carboxylic acids is 1. The van der Waals surface area contributed by atoms with Gasteiger partial charge in [-0.1, -0.05) is 12.1 Å². The first kappa shape index (κ1) is 19.2. The van der Waals surface area contributed by atoms with Gasteiger partial charge in [0, 0.05) is 30.8 Å². The first-order valence-electron chi connectivity index (χ1n) is 7.83. The van der Waals surface area contributed by atoms with Crippen molar-refractivity contribution in [2.75, 3.05) is 26.2 Å². The molecule has 0 saturated carbocycles. The maximum absolute atomic E-state index is 13.4. The van der Waals surface area contributed by atoms with Crippen LogP contribution >= 0.6 is 12.4 Å². The molecule has 3 rings (SSSR count). The van der Waals surface area contributed by atoms with Crippen molar-refractivity contribution < 1.29 is 19.0 Å². The molecule has 1 amide bonds. The number of benzene rings is 2. The number of hydrogen-bond acceptors (Lipinski definition) is 4. The van der Waals surface area contributed by atoms with Crippen molar-refractivity contribution in [3.05, 3.63) is 53.8 Å². The quantitative estimate of drug-likeness (QED) is 0.776. The second-order valence-electron chi connectivity index (χ2n) is 5.65. The average molecular weight is 367 g/mol. The standard InChI is InChI=1S/C18H19FN2O3.ClH/c19-14-4-5-17(22)16(9-14)12-2-1-3-13(8-12)18(23)21-11-15-10-20-6-7-24-15;/h1-5,8-9,15,20,22H,6-7,10-11H2,(H,21,23);1H. The summed E-state index contributed by atoms with van der Waals surface area (Å²) in [5.74, 6) is -0.711. The van der Waals surface area contributed by atoms with Gasteiger partial charge in [0.05, 0.1) is 12.7 Å². The normalized spacial score (nSPS) is 16.8. The number of ether oxygens (including phenoxy) is 1. The van der Waals surface area contributed by atoms with Gasteiger partial charge < -0.3 is 20.5 Å². The Hall–Kier alpha value is -2.15. The van der Waals surface area contributed by atoms with Crippen molar-refractivity contribution in [3.8, 4) is 16.9 Å². The number of amides is 1. The van der Waals surface area contributed by atoms with Crippen LogP contribution in [0.15, 0.2) is 42.5 Å². The summed E-state index contributed by atoms with van der Waals surface area (Å²) in [6.45, 7) is 2.58. The highest BCUT2D eigenvalue weighted by Gasteiger charge is 2.15. The van der Waals surface area contributed by atoms with Crippen LogP contribution in [0, 0.1) is 5.82 Å². The van der Waals surface area contributed by atoms with E-state index in [2.05, 4.69) is 10.6 Å². The molecule has 1 aliphatic rings. The minimum absolute atomic E-state index is 0. The number of halogens is 2. The lowest BCUT2D eigenvalue weighted by atomic mass is 10.0. The zero-order valence-electron chi connectivity index (χ0n) is 13.5. The Morgan fingerprint density at radius 1 is 1.32 bits per heavy atom. The summed E-state index contributed by atoms with van der Waals surface area (Å²) in [4.78, 5) is 12.3. The van der Waals surface area contributed by atoms with E-state index < -0.39 is 5.82 Å². The van der Waals surface area contributed by atoms with Gasteiger partial charge in [0.15, 0.2) is 0 Å². The van der Waals surface area contributed by atoms with Gasteiger partial charge in [0.25, 0.3) is 5.91 Å². The van der Waals surface area contributed by atoms with Crippen molar-refractivity contribution in [2.45, 2.75) is 6.10 Å². The van der Waals surface area contributed by atoms with Crippen molar-refractivity contribution in [1.29, 1.82) is 0 Å². The lowest BCUT2D eigenvalue weighted by Gasteiger charge is -2.23. The van der Waals surface area contributed by atoms with E-state index >= 15 is 0 Å². The molecule has 1 fully saturated rings. The molecule has 0 bridgehead atoms. The third-order valence-electron chi connectivity index (χ3n) is 3.89. The van der Waals surface area contributed by atoms with Gasteiger partial charge in [0.2, 0.25) is 0 Å². The number of morpholine rings is 1. The van der Waals surface area contributed by atoms with Crippen LogP contribution in [0.4, 0.5) is 4.39 Å². The number of nitrogens with one attached hydrogen (secondary N) is 2. The number of phenols is 1. The van der Waals surface area contributed by atoms with E-state index in [1.165, 1.54) is 18.2 Å². The van der Waals surface area contributed by atoms with Crippen molar-refractivity contribution in [3.63, 3.8) is 0 Å². The van der Waals surface area contributed by atoms with E-state index in [1.54, 1.807) is 24.3 Å². The van der Waals surface area contributed by atoms with E-state index in [-0.39, 0.29) is 30.2 Å². The molecule has 1 aliphatic heterocycles. The summed E-state index contributed by atoms with van der Waals surface area (Å²) in [7, 11) is 0. The van der Waals surface area contributed by atoms with Crippen LogP contribution in [0.5, 0.6) is 5.75 Å². The van der Waals surface area contributed by atoms with Crippen LogP contribution < -0.4 is 10.6 Å². The maximum Gasteiger partial charge on any atom is 0.251 e. The minimum Gasteiger partial charge on any atom is -0.507 e. The molecule has 1 heterocycles. The Balaban J connectivity index is 0.00000225. The zero-order chi connectivity index (χ0) is 16.9. The first-order chi connectivity index (χ1) is 11.6. The lowest BCUT2D eigenvalue weighted by Crippen LogP contribution is -2.45. The molecule has 5 nitrogen and oxygen atoms in total. The first-order valence-corrected chi connectivity index (χ1v) is 7.83. The maximum atomic E-state index is 13.4. The van der Waals surface area contributed by atoms with Crippen molar-refractivity contribution in [1.82, 2.24) is 10.6 Å². The van der Waals surface area contributed by atoms with Crippen LogP contribution in [0.3, 0.4) is 0 Å². The second-order valence-corrected chi connectivity index (χ2v) is 5.65. The number of phenolic OH excluding ortho intramolecular Hbond substituents is 1. The van der Waals surface area contributed by atoms with Crippen LogP contribution in [0.2, 0.25) is 0 Å². The monoisotopic (exact) mass is 366 g/mol. The lowest BCUT2D eigenvalue weighted by molar-refractivity contribution is 0.0287. The highest BCUT2D eigenvalue weighted by molar-refractivity contribution is 5.95. The van der Waals surface area contributed by atoms with Gasteiger partial charge in [-0.25, -0.2) is 4.39 Å². The predicted molar refractivity (Wildman–Crippen MR) is 95.7 cm³/mol. The topological polar surface area (TPSA) is 70.6 Å². The largest absolute Gasteiger partial charge is 0.507 e. The molecule has 134 valence electrons. The Morgan fingerprint density at radius 3 is 2.92 bits per heavy atom. The van der Waals surface area contributed by atoms with Crippen molar-refractivity contribution >= 4 is 18.3 Å². The number of hydrogen-bond donors (Lipinski definition) is 3. The summed E-state index contributed by atoms with van der Waals surface area (Å²) < 4.78 is 18.9. The molecular weight excluding hydrogens is 347 g/mol. The molecular formula is C18H20ClFN2O3. The molecule has 0 spiro atoms. The second kappa shape index (κ2) is 8.80. The number of carbonyl (C=O) groups is 1. The zero-order valence-corrected chi connectivity index (χ0v) is 14.3. The van der Waals surface area contributed by atoms with Crippen LogP contribution in [0.1, 0.15) is 10.4 Å². The molecule has 0 aromatic heterocycles. The summed E-state index contributed by atoms with van der Waals surface area (Å²) >= 11 is 0. The van der Waals surface area contributed by atoms with Crippen LogP contribution in [-0.2, 0) is 4.74 Å². The molecule has 2 aromatic rings. The van der Waals surface area contributed by atoms with E-state index in [9.17, 15) is 14.3 Å². The van der Waals surface area contributed by atoms with Gasteiger partial charge in [0.1, 0.15) is 11.6 Å². The average Bonchev–Trinajstić information content (AvgIpc) is 2.62. The predicted octanol–water partition coefficient (Wildman–Crippen LogP) is 2.34. The molecule has 2 aromatic carbocycles. The van der Waals surface area contributed by atoms with Gasteiger partial charge in [-0.15, -0.1) is 12.4 Å². The highest BCUT2D eigenvalue weighted by Crippen LogP contribution is 2.30. The fourth-order valence-electron chi connectivity index (χ4n) is 2.63. The SMILES string of the molecule is Cl.O=C(NCC1CNCCO1)c1cccc(-c2cc(F)ccc2O)c1.